The number of ether oxygens (including phenoxy) is 2. The van der Waals surface area contributed by atoms with Crippen LogP contribution in [0.15, 0.2) is 0 Å². The molecule has 154 valence electrons. The second kappa shape index (κ2) is 7.63. The third-order valence-electron chi connectivity index (χ3n) is 3.73. The highest BCUT2D eigenvalue weighted by Gasteiger charge is 2.65. The van der Waals surface area contributed by atoms with E-state index in [-0.39, 0.29) is 0 Å². The lowest BCUT2D eigenvalue weighted by atomic mass is 10.0. The maximum absolute atomic E-state index is 12.7. The number of thioether (sulfide) groups is 1. The number of amides is 2. The molecule has 0 aromatic carbocycles. The summed E-state index contributed by atoms with van der Waals surface area (Å²) in [5.41, 5.74) is -0.693. The van der Waals surface area contributed by atoms with E-state index in [1.54, 1.807) is 20.8 Å². The highest BCUT2D eigenvalue weighted by Crippen LogP contribution is 2.52. The van der Waals surface area contributed by atoms with Gasteiger partial charge in [-0.15, -0.1) is 11.8 Å². The van der Waals surface area contributed by atoms with Gasteiger partial charge in [-0.3, -0.25) is 9.69 Å². The van der Waals surface area contributed by atoms with Gasteiger partial charge >= 0.3 is 12.1 Å². The Morgan fingerprint density at radius 3 is 2.33 bits per heavy atom. The summed E-state index contributed by atoms with van der Waals surface area (Å²) >= 11 is 21.2. The normalized spacial score (nSPS) is 25.6. The Kier molecular flexibility index (Phi) is 6.55. The number of nitrogens with zero attached hydrogens (tertiary/aromatic N) is 2. The van der Waals surface area contributed by atoms with Gasteiger partial charge in [0, 0.05) is 0 Å². The van der Waals surface area contributed by atoms with Crippen molar-refractivity contribution in [3.8, 4) is 0 Å². The fourth-order valence-corrected chi connectivity index (χ4v) is 5.24. The van der Waals surface area contributed by atoms with Crippen LogP contribution >= 0.6 is 62.5 Å². The molecule has 2 heterocycles. The number of alkyl halides is 4. The average molecular weight is 527 g/mol. The van der Waals surface area contributed by atoms with Gasteiger partial charge in [-0.05, 0) is 34.6 Å². The van der Waals surface area contributed by atoms with E-state index in [0.29, 0.717) is 0 Å². The van der Waals surface area contributed by atoms with Gasteiger partial charge in [-0.1, -0.05) is 50.7 Å². The number of likely N-dealkylation sites (tertiary alicyclic amines) is 1. The molecule has 12 heteroatoms. The zero-order chi connectivity index (χ0) is 20.9. The lowest BCUT2D eigenvalue weighted by Crippen LogP contribution is -2.70. The van der Waals surface area contributed by atoms with Crippen LogP contribution < -0.4 is 0 Å². The predicted molar refractivity (Wildman–Crippen MR) is 108 cm³/mol. The number of hydrogen-bond acceptors (Lipinski definition) is 6. The van der Waals surface area contributed by atoms with Gasteiger partial charge in [-0.25, -0.2) is 9.59 Å². The van der Waals surface area contributed by atoms with Gasteiger partial charge in [0.2, 0.25) is 3.79 Å². The maximum atomic E-state index is 12.7. The van der Waals surface area contributed by atoms with Crippen LogP contribution in [0, 0.1) is 0 Å². The molecular weight excluding hydrogens is 507 g/mol. The molecule has 0 bridgehead atoms. The molecule has 2 saturated heterocycles. The molecule has 3 unspecified atom stereocenters. The van der Waals surface area contributed by atoms with Crippen LogP contribution in [0.3, 0.4) is 0 Å². The monoisotopic (exact) mass is 524 g/mol. The molecule has 7 nitrogen and oxygen atoms in total. The number of hydrogen-bond donors (Lipinski definition) is 0. The average Bonchev–Trinajstić information content (AvgIpc) is 2.70. The summed E-state index contributed by atoms with van der Waals surface area (Å²) in [5, 5.41) is -0.426. The number of carbonyl (C=O) groups is 3. The lowest BCUT2D eigenvalue weighted by Gasteiger charge is -2.46. The second-order valence-corrected chi connectivity index (χ2v) is 12.7. The smallest absolute Gasteiger partial charge is 0.412 e. The molecule has 0 spiro atoms. The van der Waals surface area contributed by atoms with Crippen molar-refractivity contribution in [3.63, 3.8) is 0 Å². The maximum Gasteiger partial charge on any atom is 0.412 e. The van der Waals surface area contributed by atoms with Crippen LogP contribution in [0.2, 0.25) is 0 Å². The van der Waals surface area contributed by atoms with Gasteiger partial charge in [0.15, 0.2) is 4.95 Å². The largest absolute Gasteiger partial charge is 0.459 e. The van der Waals surface area contributed by atoms with Crippen molar-refractivity contribution in [1.82, 2.24) is 9.80 Å². The zero-order valence-corrected chi connectivity index (χ0v) is 20.0. The van der Waals surface area contributed by atoms with Gasteiger partial charge in [-0.2, -0.15) is 0 Å². The number of fused-ring (bicyclic) bond motifs is 1. The van der Waals surface area contributed by atoms with E-state index in [0.717, 1.165) is 0 Å². The van der Waals surface area contributed by atoms with Gasteiger partial charge in [0.1, 0.15) is 23.6 Å². The molecule has 2 rings (SSSR count). The Balaban J connectivity index is 2.11. The van der Waals surface area contributed by atoms with Crippen molar-refractivity contribution < 1.29 is 23.9 Å². The minimum Gasteiger partial charge on any atom is -0.459 e. The summed E-state index contributed by atoms with van der Waals surface area (Å²) in [4.78, 5) is 38.5. The van der Waals surface area contributed by atoms with Crippen molar-refractivity contribution in [2.24, 2.45) is 0 Å². The summed E-state index contributed by atoms with van der Waals surface area (Å²) in [6, 6.07) is -0.721. The molecule has 2 amide bonds. The number of carbonyl (C=O) groups excluding carboxylic acids is 3. The number of halogens is 4. The van der Waals surface area contributed by atoms with Gasteiger partial charge in [0.25, 0.3) is 5.91 Å². The fourth-order valence-electron chi connectivity index (χ4n) is 2.74. The van der Waals surface area contributed by atoms with E-state index in [2.05, 4.69) is 15.9 Å². The summed E-state index contributed by atoms with van der Waals surface area (Å²) < 4.78 is 8.61. The zero-order valence-electron chi connectivity index (χ0n) is 15.3. The van der Waals surface area contributed by atoms with E-state index in [1.165, 1.54) is 21.6 Å². The highest BCUT2D eigenvalue weighted by atomic mass is 79.9. The highest BCUT2D eigenvalue weighted by molar-refractivity contribution is 9.09. The number of esters is 1. The van der Waals surface area contributed by atoms with Crippen molar-refractivity contribution in [1.29, 1.82) is 0 Å². The topological polar surface area (TPSA) is 76.2 Å². The first kappa shape index (κ1) is 23.2. The fraction of sp³-hybridized carbons (Fsp3) is 0.800. The molecule has 2 fully saturated rings. The van der Waals surface area contributed by atoms with Crippen LogP contribution in [-0.4, -0.2) is 65.0 Å². The Labute approximate surface area is 185 Å². The van der Waals surface area contributed by atoms with E-state index in [1.807, 2.05) is 13.8 Å². The molecule has 0 saturated carbocycles. The first-order valence-corrected chi connectivity index (χ1v) is 10.9. The molecule has 27 heavy (non-hydrogen) atoms. The Hall–Kier alpha value is -0.0900. The molecule has 3 atom stereocenters. The third kappa shape index (κ3) is 5.10. The van der Waals surface area contributed by atoms with Crippen molar-refractivity contribution >= 4 is 80.5 Å². The first-order chi connectivity index (χ1) is 12.1. The summed E-state index contributed by atoms with van der Waals surface area (Å²) in [6.07, 6.45) is -0.578. The SMILES string of the molecule is CC(C)(C)OC(=O)N1C2C(=O)N(C(Br)C(=O)OCC(Cl)(Cl)Cl)C2SC1(C)C. The summed E-state index contributed by atoms with van der Waals surface area (Å²) in [5.74, 6) is -1.15. The van der Waals surface area contributed by atoms with E-state index in [9.17, 15) is 14.4 Å². The van der Waals surface area contributed by atoms with E-state index in [4.69, 9.17) is 44.3 Å². The van der Waals surface area contributed by atoms with Gasteiger partial charge < -0.3 is 14.4 Å². The number of β-lactam (4-membered cyclic amide) rings is 1. The summed E-state index contributed by atoms with van der Waals surface area (Å²) in [6.45, 7) is 8.44. The van der Waals surface area contributed by atoms with Crippen LogP contribution in [0.25, 0.3) is 0 Å². The molecule has 0 radical (unpaired) electrons. The minimum atomic E-state index is -1.75. The quantitative estimate of drug-likeness (QED) is 0.241. The van der Waals surface area contributed by atoms with Crippen molar-refractivity contribution in [2.45, 2.75) is 65.3 Å². The lowest BCUT2D eigenvalue weighted by molar-refractivity contribution is -0.162. The Bertz CT molecular complexity index is 652. The van der Waals surface area contributed by atoms with Crippen LogP contribution in [0.5, 0.6) is 0 Å². The van der Waals surface area contributed by atoms with E-state index >= 15 is 0 Å². The molecular formula is C15H20BrCl3N2O5S. The van der Waals surface area contributed by atoms with Crippen molar-refractivity contribution in [2.75, 3.05) is 6.61 Å². The van der Waals surface area contributed by atoms with Gasteiger partial charge in [0.05, 0.1) is 4.87 Å². The molecule has 0 N–H and O–H groups in total. The minimum absolute atomic E-state index is 0.392. The molecule has 0 aromatic heterocycles. The predicted octanol–water partition coefficient (Wildman–Crippen LogP) is 3.88. The molecule has 0 aliphatic carbocycles. The van der Waals surface area contributed by atoms with Crippen LogP contribution in [-0.2, 0) is 19.1 Å². The molecule has 0 aromatic rings. The summed E-state index contributed by atoms with van der Waals surface area (Å²) in [7, 11) is 0. The first-order valence-electron chi connectivity index (χ1n) is 7.95. The van der Waals surface area contributed by atoms with E-state index < -0.39 is 55.2 Å². The van der Waals surface area contributed by atoms with Crippen LogP contribution in [0.1, 0.15) is 34.6 Å². The number of rotatable bonds is 3. The Morgan fingerprint density at radius 2 is 1.85 bits per heavy atom. The molecule has 2 aliphatic heterocycles. The molecule has 2 aliphatic rings. The van der Waals surface area contributed by atoms with Crippen molar-refractivity contribution in [3.05, 3.63) is 0 Å². The standard InChI is InChI=1S/C15H20BrCl3N2O5S/c1-13(2,3)26-12(24)21-7-9(22)20(10(7)27-14(21,4)5)8(16)11(23)25-6-15(17,18)19/h7-8,10H,6H2,1-5H3. The van der Waals surface area contributed by atoms with Crippen LogP contribution in [0.4, 0.5) is 4.79 Å². The second-order valence-electron chi connectivity index (χ2n) is 7.55. The Morgan fingerprint density at radius 1 is 1.30 bits per heavy atom. The third-order valence-corrected chi connectivity index (χ3v) is 6.37.